The summed E-state index contributed by atoms with van der Waals surface area (Å²) in [7, 11) is 0. The van der Waals surface area contributed by atoms with Gasteiger partial charge >= 0.3 is 0 Å². The highest BCUT2D eigenvalue weighted by atomic mass is 35.5. The largest absolute Gasteiger partial charge is 0.325 e. The molecule has 4 rings (SSSR count). The molecular weight excluding hydrogens is 394 g/mol. The van der Waals surface area contributed by atoms with Crippen LogP contribution in [0.25, 0.3) is 16.7 Å². The lowest BCUT2D eigenvalue weighted by Gasteiger charge is -2.06. The summed E-state index contributed by atoms with van der Waals surface area (Å²) >= 11 is 7.31. The number of thioether (sulfide) groups is 1. The predicted octanol–water partition coefficient (Wildman–Crippen LogP) is 4.51. The average molecular weight is 410 g/mol. The molecule has 0 saturated heterocycles. The Kier molecular flexibility index (Phi) is 5.27. The number of benzene rings is 2. The molecule has 0 atom stereocenters. The summed E-state index contributed by atoms with van der Waals surface area (Å²) in [6.07, 6.45) is 3.20. The summed E-state index contributed by atoms with van der Waals surface area (Å²) in [5.74, 6) is 0.150. The average Bonchev–Trinajstić information content (AvgIpc) is 3.13. The zero-order valence-corrected chi connectivity index (χ0v) is 16.5. The van der Waals surface area contributed by atoms with E-state index >= 15 is 0 Å². The summed E-state index contributed by atoms with van der Waals surface area (Å²) in [6.45, 7) is 2.01. The molecular formula is C20H16ClN5OS. The summed E-state index contributed by atoms with van der Waals surface area (Å²) in [4.78, 5) is 20.9. The molecule has 2 heterocycles. The van der Waals surface area contributed by atoms with E-state index in [1.807, 2.05) is 43.3 Å². The number of hydrogen-bond acceptors (Lipinski definition) is 5. The first kappa shape index (κ1) is 18.5. The maximum Gasteiger partial charge on any atom is 0.234 e. The monoisotopic (exact) mass is 409 g/mol. The zero-order valence-electron chi connectivity index (χ0n) is 15.0. The molecule has 0 fully saturated rings. The van der Waals surface area contributed by atoms with Gasteiger partial charge in [-0.3, -0.25) is 4.79 Å². The van der Waals surface area contributed by atoms with E-state index in [1.165, 1.54) is 18.1 Å². The molecule has 8 heteroatoms. The van der Waals surface area contributed by atoms with Crippen LogP contribution in [-0.4, -0.2) is 31.4 Å². The lowest BCUT2D eigenvalue weighted by Crippen LogP contribution is -2.14. The Morgan fingerprint density at radius 1 is 1.11 bits per heavy atom. The van der Waals surface area contributed by atoms with Gasteiger partial charge in [0.25, 0.3) is 0 Å². The van der Waals surface area contributed by atoms with Gasteiger partial charge in [-0.2, -0.15) is 5.10 Å². The first-order valence-corrected chi connectivity index (χ1v) is 9.90. The van der Waals surface area contributed by atoms with Crippen molar-refractivity contribution in [2.45, 2.75) is 11.9 Å². The van der Waals surface area contributed by atoms with Gasteiger partial charge < -0.3 is 5.32 Å². The number of fused-ring (bicyclic) bond motifs is 1. The molecule has 28 heavy (non-hydrogen) atoms. The summed E-state index contributed by atoms with van der Waals surface area (Å²) in [5, 5.41) is 9.47. The molecule has 140 valence electrons. The Balaban J connectivity index is 1.50. The summed E-state index contributed by atoms with van der Waals surface area (Å²) < 4.78 is 1.73. The quantitative estimate of drug-likeness (QED) is 0.388. The van der Waals surface area contributed by atoms with Crippen molar-refractivity contribution in [1.29, 1.82) is 0 Å². The molecule has 0 aliphatic heterocycles. The molecule has 2 aromatic carbocycles. The van der Waals surface area contributed by atoms with Crippen LogP contribution in [0.15, 0.2) is 66.1 Å². The van der Waals surface area contributed by atoms with Crippen LogP contribution in [-0.2, 0) is 4.79 Å². The van der Waals surface area contributed by atoms with Crippen molar-refractivity contribution in [3.63, 3.8) is 0 Å². The van der Waals surface area contributed by atoms with Crippen LogP contribution in [0.2, 0.25) is 5.02 Å². The maximum absolute atomic E-state index is 12.3. The minimum Gasteiger partial charge on any atom is -0.325 e. The van der Waals surface area contributed by atoms with Crippen LogP contribution in [0.4, 0.5) is 5.69 Å². The third-order valence-corrected chi connectivity index (χ3v) is 5.33. The minimum absolute atomic E-state index is 0.0919. The second kappa shape index (κ2) is 8.00. The van der Waals surface area contributed by atoms with Gasteiger partial charge in [0.1, 0.15) is 11.4 Å². The lowest BCUT2D eigenvalue weighted by atomic mass is 10.2. The standard InChI is InChI=1S/C20H16ClN5OS/c1-13-2-6-15(7-3-13)25-18(27)11-28-20-17-10-24-26(19(17)22-12-23-20)16-8-4-14(21)5-9-16/h2-10,12H,11H2,1H3,(H,25,27). The van der Waals surface area contributed by atoms with Crippen molar-refractivity contribution in [3.05, 3.63) is 71.6 Å². The Morgan fingerprint density at radius 3 is 2.61 bits per heavy atom. The highest BCUT2D eigenvalue weighted by molar-refractivity contribution is 8.00. The SMILES string of the molecule is Cc1ccc(NC(=O)CSc2ncnc3c2cnn3-c2ccc(Cl)cc2)cc1. The molecule has 0 aliphatic rings. The second-order valence-electron chi connectivity index (χ2n) is 6.15. The highest BCUT2D eigenvalue weighted by Crippen LogP contribution is 2.26. The number of amides is 1. The van der Waals surface area contributed by atoms with Gasteiger partial charge in [-0.1, -0.05) is 41.1 Å². The minimum atomic E-state index is -0.0919. The van der Waals surface area contributed by atoms with Gasteiger partial charge in [-0.05, 0) is 43.3 Å². The summed E-state index contributed by atoms with van der Waals surface area (Å²) in [5.41, 5.74) is 3.46. The number of nitrogens with zero attached hydrogens (tertiary/aromatic N) is 4. The van der Waals surface area contributed by atoms with E-state index in [0.717, 1.165) is 22.3 Å². The van der Waals surface area contributed by atoms with Crippen molar-refractivity contribution in [3.8, 4) is 5.69 Å². The number of hydrogen-bond donors (Lipinski definition) is 1. The third-order valence-electron chi connectivity index (χ3n) is 4.08. The molecule has 0 unspecified atom stereocenters. The normalized spacial score (nSPS) is 10.9. The van der Waals surface area contributed by atoms with E-state index in [1.54, 1.807) is 23.0 Å². The van der Waals surface area contributed by atoms with E-state index in [9.17, 15) is 4.79 Å². The number of carbonyl (C=O) groups is 1. The van der Waals surface area contributed by atoms with Crippen LogP contribution >= 0.6 is 23.4 Å². The molecule has 4 aromatic rings. The van der Waals surface area contributed by atoms with E-state index in [-0.39, 0.29) is 11.7 Å². The van der Waals surface area contributed by atoms with Crippen molar-refractivity contribution in [2.24, 2.45) is 0 Å². The van der Waals surface area contributed by atoms with E-state index < -0.39 is 0 Å². The molecule has 2 aromatic heterocycles. The number of carbonyl (C=O) groups excluding carboxylic acids is 1. The molecule has 0 spiro atoms. The van der Waals surface area contributed by atoms with Crippen LogP contribution < -0.4 is 5.32 Å². The molecule has 6 nitrogen and oxygen atoms in total. The molecule has 1 amide bonds. The van der Waals surface area contributed by atoms with Gasteiger partial charge in [0.2, 0.25) is 5.91 Å². The Labute approximate surface area is 171 Å². The predicted molar refractivity (Wildman–Crippen MR) is 112 cm³/mol. The number of halogens is 1. The molecule has 1 N–H and O–H groups in total. The van der Waals surface area contributed by atoms with Crippen LogP contribution in [0.3, 0.4) is 0 Å². The molecule has 0 bridgehead atoms. The van der Waals surface area contributed by atoms with Gasteiger partial charge in [-0.25, -0.2) is 14.6 Å². The van der Waals surface area contributed by atoms with Crippen molar-refractivity contribution >= 4 is 46.0 Å². The maximum atomic E-state index is 12.3. The smallest absolute Gasteiger partial charge is 0.234 e. The zero-order chi connectivity index (χ0) is 19.5. The first-order chi connectivity index (χ1) is 13.6. The van der Waals surface area contributed by atoms with Gasteiger partial charge in [0, 0.05) is 10.7 Å². The number of rotatable bonds is 5. The number of aryl methyl sites for hydroxylation is 1. The van der Waals surface area contributed by atoms with Crippen molar-refractivity contribution in [2.75, 3.05) is 11.1 Å². The Morgan fingerprint density at radius 2 is 1.86 bits per heavy atom. The van der Waals surface area contributed by atoms with Crippen LogP contribution in [0.5, 0.6) is 0 Å². The van der Waals surface area contributed by atoms with Crippen LogP contribution in [0.1, 0.15) is 5.56 Å². The lowest BCUT2D eigenvalue weighted by molar-refractivity contribution is -0.113. The number of anilines is 1. The van der Waals surface area contributed by atoms with Gasteiger partial charge in [-0.15, -0.1) is 0 Å². The van der Waals surface area contributed by atoms with E-state index in [2.05, 4.69) is 20.4 Å². The third kappa shape index (κ3) is 4.00. The van der Waals surface area contributed by atoms with Crippen molar-refractivity contribution < 1.29 is 4.79 Å². The first-order valence-electron chi connectivity index (χ1n) is 8.54. The second-order valence-corrected chi connectivity index (χ2v) is 7.55. The Bertz CT molecular complexity index is 1130. The fourth-order valence-corrected chi connectivity index (χ4v) is 3.56. The topological polar surface area (TPSA) is 72.7 Å². The van der Waals surface area contributed by atoms with Crippen LogP contribution in [0, 0.1) is 6.92 Å². The number of aromatic nitrogens is 4. The highest BCUT2D eigenvalue weighted by Gasteiger charge is 2.13. The number of nitrogens with one attached hydrogen (secondary N) is 1. The summed E-state index contributed by atoms with van der Waals surface area (Å²) in [6, 6.07) is 15.0. The van der Waals surface area contributed by atoms with Gasteiger partial charge in [0.15, 0.2) is 5.65 Å². The molecule has 0 saturated carbocycles. The molecule has 0 radical (unpaired) electrons. The Hall–Kier alpha value is -2.90. The van der Waals surface area contributed by atoms with E-state index in [0.29, 0.717) is 15.7 Å². The fourth-order valence-electron chi connectivity index (χ4n) is 2.68. The fraction of sp³-hybridized carbons (Fsp3) is 0.100. The van der Waals surface area contributed by atoms with Gasteiger partial charge in [0.05, 0.1) is 23.0 Å². The molecule has 0 aliphatic carbocycles. The van der Waals surface area contributed by atoms with E-state index in [4.69, 9.17) is 11.6 Å². The van der Waals surface area contributed by atoms with Crippen molar-refractivity contribution in [1.82, 2.24) is 19.7 Å².